The van der Waals surface area contributed by atoms with E-state index in [9.17, 15) is 4.79 Å². The Bertz CT molecular complexity index is 644. The zero-order valence-corrected chi connectivity index (χ0v) is 12.3. The summed E-state index contributed by atoms with van der Waals surface area (Å²) in [7, 11) is 6.41. The van der Waals surface area contributed by atoms with E-state index in [4.69, 9.17) is 0 Å². The van der Waals surface area contributed by atoms with Crippen molar-refractivity contribution in [1.82, 2.24) is 14.8 Å². The molecular formula is C16H21N3O. The molecule has 4 nitrogen and oxygen atoms in total. The maximum Gasteiger partial charge on any atom is 0.166 e. The SMILES string of the molecule is CN(C)CC1c2cc3[nH]c(C=O)cc3cc2CCN1C. The number of carbonyl (C=O) groups is 1. The Kier molecular flexibility index (Phi) is 3.36. The van der Waals surface area contributed by atoms with Crippen LogP contribution in [0.4, 0.5) is 0 Å². The van der Waals surface area contributed by atoms with Crippen molar-refractivity contribution in [3.05, 3.63) is 35.0 Å². The largest absolute Gasteiger partial charge is 0.352 e. The number of aldehydes is 1. The number of hydrogen-bond acceptors (Lipinski definition) is 3. The highest BCUT2D eigenvalue weighted by atomic mass is 16.1. The Morgan fingerprint density at radius 2 is 2.20 bits per heavy atom. The van der Waals surface area contributed by atoms with E-state index >= 15 is 0 Å². The van der Waals surface area contributed by atoms with Gasteiger partial charge in [0.05, 0.1) is 5.69 Å². The molecule has 0 bridgehead atoms. The van der Waals surface area contributed by atoms with Gasteiger partial charge in [-0.3, -0.25) is 9.69 Å². The van der Waals surface area contributed by atoms with E-state index in [0.717, 1.165) is 36.7 Å². The van der Waals surface area contributed by atoms with Crippen LogP contribution < -0.4 is 0 Å². The first-order chi connectivity index (χ1) is 9.58. The molecule has 1 aliphatic rings. The minimum Gasteiger partial charge on any atom is -0.352 e. The highest BCUT2D eigenvalue weighted by Gasteiger charge is 2.25. The lowest BCUT2D eigenvalue weighted by molar-refractivity contribution is 0.112. The number of hydrogen-bond donors (Lipinski definition) is 1. The van der Waals surface area contributed by atoms with Crippen molar-refractivity contribution in [3.8, 4) is 0 Å². The van der Waals surface area contributed by atoms with Gasteiger partial charge in [-0.1, -0.05) is 0 Å². The minimum atomic E-state index is 0.418. The molecule has 0 saturated heterocycles. The smallest absolute Gasteiger partial charge is 0.166 e. The van der Waals surface area contributed by atoms with E-state index in [1.165, 1.54) is 11.1 Å². The second kappa shape index (κ2) is 5.04. The molecule has 106 valence electrons. The highest BCUT2D eigenvalue weighted by molar-refractivity contribution is 5.89. The standard InChI is InChI=1S/C16H21N3O/c1-18(2)9-16-14-8-15-12(7-13(10-20)17-15)6-11(14)4-5-19(16)3/h6-8,10,16-17H,4-5,9H2,1-3H3. The van der Waals surface area contributed by atoms with Gasteiger partial charge in [0.25, 0.3) is 0 Å². The Morgan fingerprint density at radius 1 is 1.40 bits per heavy atom. The third kappa shape index (κ3) is 2.25. The third-order valence-corrected chi connectivity index (χ3v) is 4.19. The predicted molar refractivity (Wildman–Crippen MR) is 81.3 cm³/mol. The molecule has 1 aromatic heterocycles. The molecule has 1 N–H and O–H groups in total. The maximum atomic E-state index is 10.9. The first kappa shape index (κ1) is 13.3. The summed E-state index contributed by atoms with van der Waals surface area (Å²) in [6.45, 7) is 2.10. The van der Waals surface area contributed by atoms with E-state index < -0.39 is 0 Å². The van der Waals surface area contributed by atoms with E-state index in [0.29, 0.717) is 11.7 Å². The number of carbonyl (C=O) groups excluding carboxylic acids is 1. The van der Waals surface area contributed by atoms with Crippen molar-refractivity contribution in [2.45, 2.75) is 12.5 Å². The fourth-order valence-electron chi connectivity index (χ4n) is 3.13. The Hall–Kier alpha value is -1.65. The number of benzene rings is 1. The number of nitrogens with zero attached hydrogens (tertiary/aromatic N) is 2. The van der Waals surface area contributed by atoms with Gasteiger partial charge in [0, 0.05) is 30.0 Å². The summed E-state index contributed by atoms with van der Waals surface area (Å²) in [5.41, 5.74) is 4.52. The summed E-state index contributed by atoms with van der Waals surface area (Å²) in [4.78, 5) is 18.7. The van der Waals surface area contributed by atoms with E-state index in [1.54, 1.807) is 0 Å². The molecule has 4 heteroatoms. The molecule has 0 amide bonds. The second-order valence-corrected chi connectivity index (χ2v) is 5.99. The molecule has 20 heavy (non-hydrogen) atoms. The van der Waals surface area contributed by atoms with Crippen LogP contribution in [0.15, 0.2) is 18.2 Å². The number of nitrogens with one attached hydrogen (secondary N) is 1. The summed E-state index contributed by atoms with van der Waals surface area (Å²) in [5, 5.41) is 1.14. The average molecular weight is 271 g/mol. The van der Waals surface area contributed by atoms with Gasteiger partial charge >= 0.3 is 0 Å². The lowest BCUT2D eigenvalue weighted by Crippen LogP contribution is -2.37. The Labute approximate surface area is 119 Å². The number of aromatic nitrogens is 1. The van der Waals surface area contributed by atoms with Crippen LogP contribution in [0.1, 0.15) is 27.7 Å². The second-order valence-electron chi connectivity index (χ2n) is 5.99. The third-order valence-electron chi connectivity index (χ3n) is 4.19. The molecule has 0 spiro atoms. The summed E-state index contributed by atoms with van der Waals surface area (Å²) >= 11 is 0. The van der Waals surface area contributed by atoms with Gasteiger partial charge in [-0.2, -0.15) is 0 Å². The van der Waals surface area contributed by atoms with Gasteiger partial charge in [0.1, 0.15) is 0 Å². The quantitative estimate of drug-likeness (QED) is 0.869. The van der Waals surface area contributed by atoms with Gasteiger partial charge in [0.2, 0.25) is 0 Å². The zero-order valence-electron chi connectivity index (χ0n) is 12.3. The van der Waals surface area contributed by atoms with E-state index in [1.807, 2.05) is 6.07 Å². The number of rotatable bonds is 3. The predicted octanol–water partition coefficient (Wildman–Crippen LogP) is 2.07. The van der Waals surface area contributed by atoms with Crippen molar-refractivity contribution in [2.24, 2.45) is 0 Å². The first-order valence-electron chi connectivity index (χ1n) is 7.04. The summed E-state index contributed by atoms with van der Waals surface area (Å²) in [6, 6.07) is 6.81. The Morgan fingerprint density at radius 3 is 2.90 bits per heavy atom. The lowest BCUT2D eigenvalue weighted by atomic mass is 9.91. The summed E-state index contributed by atoms with van der Waals surface area (Å²) in [5.74, 6) is 0. The van der Waals surface area contributed by atoms with Gasteiger partial charge in [-0.25, -0.2) is 0 Å². The molecule has 1 aromatic carbocycles. The lowest BCUT2D eigenvalue weighted by Gasteiger charge is -2.36. The van der Waals surface area contributed by atoms with Gasteiger partial charge in [-0.05, 0) is 56.9 Å². The molecule has 0 fully saturated rings. The molecule has 1 unspecified atom stereocenters. The van der Waals surface area contributed by atoms with Crippen LogP contribution >= 0.6 is 0 Å². The highest BCUT2D eigenvalue weighted by Crippen LogP contribution is 2.32. The molecule has 0 aliphatic carbocycles. The van der Waals surface area contributed by atoms with Gasteiger partial charge in [-0.15, -0.1) is 0 Å². The molecular weight excluding hydrogens is 250 g/mol. The van der Waals surface area contributed by atoms with E-state index in [2.05, 4.69) is 48.1 Å². The fraction of sp³-hybridized carbons (Fsp3) is 0.438. The Balaban J connectivity index is 2.09. The zero-order chi connectivity index (χ0) is 14.3. The van der Waals surface area contributed by atoms with Crippen LogP contribution in [0.2, 0.25) is 0 Å². The van der Waals surface area contributed by atoms with Crippen molar-refractivity contribution in [1.29, 1.82) is 0 Å². The number of H-pyrrole nitrogens is 1. The topological polar surface area (TPSA) is 39.3 Å². The molecule has 2 heterocycles. The van der Waals surface area contributed by atoms with Crippen LogP contribution in [0.5, 0.6) is 0 Å². The van der Waals surface area contributed by atoms with Crippen LogP contribution in [0.3, 0.4) is 0 Å². The van der Waals surface area contributed by atoms with Gasteiger partial charge in [0.15, 0.2) is 6.29 Å². The van der Waals surface area contributed by atoms with Crippen LogP contribution in [0.25, 0.3) is 10.9 Å². The average Bonchev–Trinajstić information content (AvgIpc) is 2.81. The monoisotopic (exact) mass is 271 g/mol. The first-order valence-corrected chi connectivity index (χ1v) is 7.04. The molecule has 1 aliphatic heterocycles. The number of aromatic amines is 1. The van der Waals surface area contributed by atoms with Crippen molar-refractivity contribution >= 4 is 17.2 Å². The molecule has 3 rings (SSSR count). The van der Waals surface area contributed by atoms with Crippen molar-refractivity contribution in [3.63, 3.8) is 0 Å². The van der Waals surface area contributed by atoms with Gasteiger partial charge < -0.3 is 9.88 Å². The molecule has 1 atom stereocenters. The molecule has 2 aromatic rings. The van der Waals surface area contributed by atoms with E-state index in [-0.39, 0.29) is 0 Å². The summed E-state index contributed by atoms with van der Waals surface area (Å²) < 4.78 is 0. The normalized spacial score (nSPS) is 19.5. The van der Waals surface area contributed by atoms with Crippen LogP contribution in [-0.2, 0) is 6.42 Å². The maximum absolute atomic E-state index is 10.9. The van der Waals surface area contributed by atoms with Crippen molar-refractivity contribution in [2.75, 3.05) is 34.2 Å². The van der Waals surface area contributed by atoms with Crippen LogP contribution in [0, 0.1) is 0 Å². The van der Waals surface area contributed by atoms with Crippen molar-refractivity contribution < 1.29 is 4.79 Å². The number of likely N-dealkylation sites (N-methyl/N-ethyl adjacent to an activating group) is 2. The fourth-order valence-corrected chi connectivity index (χ4v) is 3.13. The summed E-state index contributed by atoms with van der Waals surface area (Å²) in [6.07, 6.45) is 1.95. The number of fused-ring (bicyclic) bond motifs is 2. The molecule has 0 radical (unpaired) electrons. The van der Waals surface area contributed by atoms with Crippen LogP contribution in [-0.4, -0.2) is 55.3 Å². The molecule has 0 saturated carbocycles. The minimum absolute atomic E-state index is 0.418.